The fraction of sp³-hybridized carbons (Fsp3) is 0.0820. The van der Waals surface area contributed by atoms with Gasteiger partial charge in [-0.25, -0.2) is 4.39 Å². The van der Waals surface area contributed by atoms with Crippen LogP contribution >= 0.6 is 0 Å². The van der Waals surface area contributed by atoms with Gasteiger partial charge in [0.25, 0.3) is 0 Å². The van der Waals surface area contributed by atoms with Crippen molar-refractivity contribution < 1.29 is 98.5 Å². The molecular weight excluding hydrogens is 2370 g/mol. The van der Waals surface area contributed by atoms with Gasteiger partial charge in [-0.15, -0.1) is 287 Å². The fourth-order valence-corrected chi connectivity index (χ4v) is 13.5. The predicted octanol–water partition coefficient (Wildman–Crippen LogP) is 30.4. The van der Waals surface area contributed by atoms with Crippen LogP contribution in [0.25, 0.3) is 135 Å². The monoisotopic (exact) mass is 2480 g/mol. The van der Waals surface area contributed by atoms with E-state index in [9.17, 15) is 4.39 Å². The van der Waals surface area contributed by atoms with Gasteiger partial charge in [0.2, 0.25) is 0 Å². The van der Waals surface area contributed by atoms with Gasteiger partial charge in [0.05, 0.1) is 0 Å². The van der Waals surface area contributed by atoms with Crippen LogP contribution in [0.2, 0.25) is 0 Å². The number of hydrogen-bond donors (Lipinski definition) is 0. The molecule has 8 nitrogen and oxygen atoms in total. The molecule has 0 aliphatic heterocycles. The number of pyridine rings is 8. The van der Waals surface area contributed by atoms with E-state index in [1.807, 2.05) is 352 Å². The van der Waals surface area contributed by atoms with Crippen LogP contribution < -0.4 is 0 Å². The molecule has 0 fully saturated rings. The summed E-state index contributed by atoms with van der Waals surface area (Å²) in [5.41, 5.74) is 25.0. The molecule has 0 amide bonds. The molecule has 0 N–H and O–H groups in total. The van der Waals surface area contributed by atoms with Crippen molar-refractivity contribution >= 4 is 0 Å². The van der Waals surface area contributed by atoms with Gasteiger partial charge in [-0.05, 0) is 180 Å². The normalized spacial score (nSPS) is 12.2. The van der Waals surface area contributed by atoms with Crippen molar-refractivity contribution in [2.75, 3.05) is 0 Å². The van der Waals surface area contributed by atoms with E-state index in [1.54, 1.807) is 74.6 Å². The van der Waals surface area contributed by atoms with Gasteiger partial charge < -0.3 is 39.9 Å². The molecule has 12 aromatic carbocycles. The quantitative estimate of drug-likeness (QED) is 0.0882. The molecule has 0 saturated heterocycles. The first-order chi connectivity index (χ1) is 68.2. The molecule has 2 atom stereocenters. The zero-order chi connectivity index (χ0) is 99.3. The van der Waals surface area contributed by atoms with Gasteiger partial charge in [-0.3, -0.25) is 0 Å². The molecule has 8 heterocycles. The standard InChI is InChI=1S/C21H19FN.C20H18N.C19H16N.C18H14N.4C11H8N.4Ir/c1-15(2)12-19-13-17(8-10-20(19)22)18-9-11-21(23-14-18)16-6-4-3-5-7-16;1-15(2)18-10-6-7-11-19(18)17-12-13-20(21-14-17)16-8-4-3-5-9-16;1-2-15-8-6-7-11-18(15)17-12-13-19(20-14-17)16-9-4-3-5-10-16;1-14-7-5-6-10-17(14)16-11-12-18(19-13-16)15-8-3-2-4-9-15;4*1-2-6-10(7-3-1)11-8-4-5-9-12-11;;;;/h3-6,8-11,13-15H,12H2,1-2H3;3-8,10-15H,1-2H3;3-9,11-14H,2H2,1H3;2-8,10-13H,1H3;4*1-6,8-9H;;;;/q8*-1;;;;/i2*1D3,15D;2D2;;;;;;;;;. The SMILES string of the molecule is Cc1ccccc1-c1ccc(-c2[c-]cccc2)nc1.[2H]C([2H])(C)c1ccccc1-c1ccc(-c2[c-]cccc2)nc1.[2H]C([2H])([2H])C([2H])(C)Cc1cc(-c2ccc(-c3[c-]cccc3)nc2)ccc1F.[2H]C([2H])([2H])C([2H])(C)c1ccccc1-c1ccc(-c2[c-]cccc2)nc1.[Ir].[Ir].[Ir].[Ir].[c-]1ccccc1-c1ccccn1.[c-]1ccccc1-c1ccccn1.[c-]1ccccc1-c1ccccn1.[c-]1ccccc1-c1ccccn1. The largest absolute Gasteiger partial charge is 0.305 e. The number of aromatic nitrogens is 8. The first-order valence-corrected chi connectivity index (χ1v) is 42.5. The van der Waals surface area contributed by atoms with Gasteiger partial charge in [0.1, 0.15) is 5.82 Å². The smallest absolute Gasteiger partial charge is 0.126 e. The Morgan fingerprint density at radius 1 is 0.281 bits per heavy atom. The number of nitrogens with zero attached hydrogens (tertiary/aromatic N) is 8. The predicted molar refractivity (Wildman–Crippen MR) is 537 cm³/mol. The molecule has 0 aliphatic rings. The van der Waals surface area contributed by atoms with Crippen molar-refractivity contribution in [3.63, 3.8) is 0 Å². The number of rotatable bonds is 16. The minimum atomic E-state index is -2.50. The van der Waals surface area contributed by atoms with Gasteiger partial charge >= 0.3 is 0 Å². The van der Waals surface area contributed by atoms with Crippen LogP contribution in [-0.2, 0) is 93.2 Å². The number of hydrogen-bond acceptors (Lipinski definition) is 8. The molecule has 2 unspecified atom stereocenters. The third-order valence-electron chi connectivity index (χ3n) is 20.0. The minimum absolute atomic E-state index is 0. The van der Waals surface area contributed by atoms with E-state index >= 15 is 0 Å². The third-order valence-corrected chi connectivity index (χ3v) is 20.0. The molecule has 135 heavy (non-hydrogen) atoms. The molecule has 13 heteroatoms. The Morgan fingerprint density at radius 3 is 0.859 bits per heavy atom. The maximum atomic E-state index is 14.2. The summed E-state index contributed by atoms with van der Waals surface area (Å²) in [6.45, 7) is 1.51. The van der Waals surface area contributed by atoms with Crippen molar-refractivity contribution in [3.05, 3.63) is 533 Å². The first-order valence-electron chi connectivity index (χ1n) is 47.5. The zero-order valence-corrected chi connectivity index (χ0v) is 83.9. The Kier molecular flexibility index (Phi) is 38.7. The van der Waals surface area contributed by atoms with Crippen LogP contribution in [0, 0.1) is 67.2 Å². The van der Waals surface area contributed by atoms with Crippen molar-refractivity contribution in [2.24, 2.45) is 5.89 Å². The van der Waals surface area contributed by atoms with Gasteiger partial charge in [0.15, 0.2) is 0 Å². The van der Waals surface area contributed by atoms with Crippen LogP contribution in [0.1, 0.15) is 76.3 Å². The molecule has 20 aromatic rings. The Morgan fingerprint density at radius 2 is 0.563 bits per heavy atom. The van der Waals surface area contributed by atoms with Gasteiger partial charge in [-0.1, -0.05) is 210 Å². The Labute approximate surface area is 864 Å². The number of benzene rings is 12. The maximum absolute atomic E-state index is 14.2. The van der Waals surface area contributed by atoms with Crippen molar-refractivity contribution in [2.45, 2.75) is 60.1 Å². The van der Waals surface area contributed by atoms with E-state index in [-0.39, 0.29) is 92.4 Å². The molecule has 0 spiro atoms. The summed E-state index contributed by atoms with van der Waals surface area (Å²) in [5, 5.41) is 0. The molecule has 0 saturated carbocycles. The van der Waals surface area contributed by atoms with Crippen LogP contribution in [0.3, 0.4) is 0 Å². The summed E-state index contributed by atoms with van der Waals surface area (Å²) in [6, 6.07) is 154. The minimum Gasteiger partial charge on any atom is -0.305 e. The molecule has 0 bridgehead atoms. The van der Waals surface area contributed by atoms with Crippen LogP contribution in [0.5, 0.6) is 0 Å². The Hall–Kier alpha value is -13.6. The molecule has 8 aromatic heterocycles. The summed E-state index contributed by atoms with van der Waals surface area (Å²) in [7, 11) is 0. The van der Waals surface area contributed by atoms with Crippen molar-refractivity contribution in [3.8, 4) is 135 Å². The third kappa shape index (κ3) is 32.9. The number of aryl methyl sites for hydroxylation is 2. The van der Waals surface area contributed by atoms with E-state index < -0.39 is 37.7 Å². The first kappa shape index (κ1) is 90.5. The summed E-state index contributed by atoms with van der Waals surface area (Å²) in [4.78, 5) is 34.8. The Balaban J connectivity index is 0.000000187. The second-order valence-corrected chi connectivity index (χ2v) is 29.3. The average Bonchev–Trinajstić information content (AvgIpc) is 0.763. The molecule has 4 radical (unpaired) electrons. The van der Waals surface area contributed by atoms with E-state index in [1.165, 1.54) is 31.0 Å². The zero-order valence-electron chi connectivity index (χ0n) is 84.3. The van der Waals surface area contributed by atoms with Crippen LogP contribution in [-0.4, -0.2) is 39.9 Å². The van der Waals surface area contributed by atoms with E-state index in [0.717, 1.165) is 123 Å². The van der Waals surface area contributed by atoms with E-state index in [0.29, 0.717) is 16.7 Å². The summed E-state index contributed by atoms with van der Waals surface area (Å²) in [5.74, 6) is -3.97. The molecular formula is C122H99FIr4N8-8. The van der Waals surface area contributed by atoms with Crippen molar-refractivity contribution in [1.82, 2.24) is 39.9 Å². The van der Waals surface area contributed by atoms with E-state index in [4.69, 9.17) is 13.7 Å². The number of halogens is 1. The van der Waals surface area contributed by atoms with Crippen LogP contribution in [0.15, 0.2) is 456 Å². The molecule has 0 aliphatic carbocycles. The van der Waals surface area contributed by atoms with Crippen molar-refractivity contribution in [1.29, 1.82) is 0 Å². The summed E-state index contributed by atoms with van der Waals surface area (Å²) in [6.07, 6.45) is 12.7. The topological polar surface area (TPSA) is 103 Å². The fourth-order valence-electron chi connectivity index (χ4n) is 13.5. The summed E-state index contributed by atoms with van der Waals surface area (Å²) >= 11 is 0. The molecule has 20 rings (SSSR count). The average molecular weight is 2480 g/mol. The van der Waals surface area contributed by atoms with Gasteiger partial charge in [-0.2, -0.15) is 0 Å². The van der Waals surface area contributed by atoms with E-state index in [2.05, 4.69) is 126 Å². The second-order valence-electron chi connectivity index (χ2n) is 29.3. The Bertz CT molecular complexity index is 6690. The van der Waals surface area contributed by atoms with Gasteiger partial charge in [0, 0.05) is 144 Å². The molecule has 678 valence electrons. The van der Waals surface area contributed by atoms with Crippen LogP contribution in [0.4, 0.5) is 4.39 Å². The summed E-state index contributed by atoms with van der Waals surface area (Å²) < 4.78 is 92.2. The maximum Gasteiger partial charge on any atom is 0.126 e. The second kappa shape index (κ2) is 57.7.